The minimum atomic E-state index is -0.189. The zero-order chi connectivity index (χ0) is 15.4. The minimum Gasteiger partial charge on any atom is -0.348 e. The van der Waals surface area contributed by atoms with Crippen LogP contribution in [0.4, 0.5) is 0 Å². The number of halogens is 1. The monoisotopic (exact) mass is 328 g/mol. The van der Waals surface area contributed by atoms with Gasteiger partial charge < -0.3 is 5.32 Å². The molecule has 0 unspecified atom stereocenters. The first-order valence-electron chi connectivity index (χ1n) is 6.75. The number of aromatic nitrogens is 1. The zero-order valence-corrected chi connectivity index (χ0v) is 13.2. The molecule has 0 aliphatic heterocycles. The summed E-state index contributed by atoms with van der Waals surface area (Å²) in [5.74, 6) is -0.189. The summed E-state index contributed by atoms with van der Waals surface area (Å²) in [4.78, 5) is 16.6. The van der Waals surface area contributed by atoms with Crippen molar-refractivity contribution in [3.8, 4) is 11.3 Å². The molecule has 0 fully saturated rings. The normalized spacial score (nSPS) is 10.4. The summed E-state index contributed by atoms with van der Waals surface area (Å²) < 4.78 is 0. The molecule has 0 bridgehead atoms. The summed E-state index contributed by atoms with van der Waals surface area (Å²) >= 11 is 7.66. The number of hydrogen-bond acceptors (Lipinski definition) is 3. The number of rotatable bonds is 4. The number of hydrogen-bond donors (Lipinski definition) is 1. The molecule has 0 atom stereocenters. The fourth-order valence-corrected chi connectivity index (χ4v) is 3.02. The Morgan fingerprint density at radius 2 is 2.05 bits per heavy atom. The highest BCUT2D eigenvalue weighted by Crippen LogP contribution is 2.23. The Morgan fingerprint density at radius 3 is 2.82 bits per heavy atom. The molecule has 1 aromatic carbocycles. The van der Waals surface area contributed by atoms with Crippen molar-refractivity contribution in [2.45, 2.75) is 6.54 Å². The Bertz CT molecular complexity index is 787. The number of thiophene rings is 1. The Kier molecular flexibility index (Phi) is 4.51. The Morgan fingerprint density at radius 1 is 1.18 bits per heavy atom. The van der Waals surface area contributed by atoms with E-state index in [1.807, 2.05) is 29.0 Å². The first kappa shape index (κ1) is 14.8. The van der Waals surface area contributed by atoms with E-state index < -0.39 is 0 Å². The van der Waals surface area contributed by atoms with Gasteiger partial charge in [-0.15, -0.1) is 0 Å². The van der Waals surface area contributed by atoms with Crippen LogP contribution in [0, 0.1) is 0 Å². The van der Waals surface area contributed by atoms with Gasteiger partial charge in [-0.3, -0.25) is 9.78 Å². The van der Waals surface area contributed by atoms with Gasteiger partial charge >= 0.3 is 0 Å². The van der Waals surface area contributed by atoms with Gasteiger partial charge in [0.15, 0.2) is 0 Å². The van der Waals surface area contributed by atoms with Gasteiger partial charge in [0.2, 0.25) is 0 Å². The summed E-state index contributed by atoms with van der Waals surface area (Å²) in [5.41, 5.74) is 3.40. The van der Waals surface area contributed by atoms with Crippen molar-refractivity contribution in [1.82, 2.24) is 10.3 Å². The van der Waals surface area contributed by atoms with Gasteiger partial charge in [-0.25, -0.2) is 0 Å². The standard InChI is InChI=1S/C17H13ClN2OS/c18-15-6-2-1-5-14(15)17(21)20-10-12-4-3-8-19-16(12)13-7-9-22-11-13/h1-9,11H,10H2,(H,20,21). The summed E-state index contributed by atoms with van der Waals surface area (Å²) in [6.07, 6.45) is 1.76. The molecule has 5 heteroatoms. The van der Waals surface area contributed by atoms with Crippen molar-refractivity contribution >= 4 is 28.8 Å². The lowest BCUT2D eigenvalue weighted by Crippen LogP contribution is -2.23. The van der Waals surface area contributed by atoms with Crippen molar-refractivity contribution in [2.75, 3.05) is 0 Å². The minimum absolute atomic E-state index is 0.189. The molecule has 0 aliphatic rings. The number of nitrogens with one attached hydrogen (secondary N) is 1. The molecular weight excluding hydrogens is 316 g/mol. The van der Waals surface area contributed by atoms with E-state index in [4.69, 9.17) is 11.6 Å². The molecule has 0 aliphatic carbocycles. The predicted octanol–water partition coefficient (Wildman–Crippen LogP) is 4.39. The van der Waals surface area contributed by atoms with E-state index >= 15 is 0 Å². The Labute approximate surface area is 137 Å². The van der Waals surface area contributed by atoms with Gasteiger partial charge in [0, 0.05) is 23.7 Å². The molecule has 0 saturated carbocycles. The summed E-state index contributed by atoms with van der Waals surface area (Å²) in [7, 11) is 0. The molecule has 0 radical (unpaired) electrons. The highest BCUT2D eigenvalue weighted by molar-refractivity contribution is 7.08. The molecule has 1 N–H and O–H groups in total. The summed E-state index contributed by atoms with van der Waals surface area (Å²) in [6, 6.07) is 12.9. The Balaban J connectivity index is 1.78. The van der Waals surface area contributed by atoms with Crippen molar-refractivity contribution in [2.24, 2.45) is 0 Å². The quantitative estimate of drug-likeness (QED) is 0.771. The third-order valence-corrected chi connectivity index (χ3v) is 4.26. The van der Waals surface area contributed by atoms with Gasteiger partial charge in [-0.2, -0.15) is 11.3 Å². The van der Waals surface area contributed by atoms with Gasteiger partial charge in [0.25, 0.3) is 5.91 Å². The molecule has 3 aromatic rings. The summed E-state index contributed by atoms with van der Waals surface area (Å²) in [5, 5.41) is 7.40. The fraction of sp³-hybridized carbons (Fsp3) is 0.0588. The predicted molar refractivity (Wildman–Crippen MR) is 90.2 cm³/mol. The van der Waals surface area contributed by atoms with Crippen molar-refractivity contribution < 1.29 is 4.79 Å². The van der Waals surface area contributed by atoms with Crippen LogP contribution in [0.5, 0.6) is 0 Å². The van der Waals surface area contributed by atoms with E-state index in [-0.39, 0.29) is 5.91 Å². The van der Waals surface area contributed by atoms with Gasteiger partial charge in [0.05, 0.1) is 16.3 Å². The molecular formula is C17H13ClN2OS. The van der Waals surface area contributed by atoms with Gasteiger partial charge in [0.1, 0.15) is 0 Å². The first-order chi connectivity index (χ1) is 10.8. The molecule has 0 saturated heterocycles. The molecule has 1 amide bonds. The van der Waals surface area contributed by atoms with Crippen LogP contribution in [0.2, 0.25) is 5.02 Å². The third-order valence-electron chi connectivity index (χ3n) is 3.24. The lowest BCUT2D eigenvalue weighted by Gasteiger charge is -2.09. The van der Waals surface area contributed by atoms with Gasteiger partial charge in [-0.1, -0.05) is 29.8 Å². The smallest absolute Gasteiger partial charge is 0.253 e. The van der Waals surface area contributed by atoms with Gasteiger partial charge in [-0.05, 0) is 35.2 Å². The molecule has 0 spiro atoms. The average Bonchev–Trinajstić information content (AvgIpc) is 3.07. The largest absolute Gasteiger partial charge is 0.348 e. The van der Waals surface area contributed by atoms with Crippen LogP contribution < -0.4 is 5.32 Å². The number of pyridine rings is 1. The maximum atomic E-state index is 12.2. The number of amides is 1. The molecule has 3 rings (SSSR count). The molecule has 3 nitrogen and oxygen atoms in total. The van der Waals surface area contributed by atoms with Crippen molar-refractivity contribution in [3.63, 3.8) is 0 Å². The van der Waals surface area contributed by atoms with Crippen LogP contribution in [-0.2, 0) is 6.54 Å². The maximum Gasteiger partial charge on any atom is 0.253 e. The SMILES string of the molecule is O=C(NCc1cccnc1-c1ccsc1)c1ccccc1Cl. The van der Waals surface area contributed by atoms with Crippen LogP contribution in [0.25, 0.3) is 11.3 Å². The number of nitrogens with zero attached hydrogens (tertiary/aromatic N) is 1. The lowest BCUT2D eigenvalue weighted by atomic mass is 10.1. The maximum absolute atomic E-state index is 12.2. The highest BCUT2D eigenvalue weighted by atomic mass is 35.5. The third kappa shape index (κ3) is 3.18. The van der Waals surface area contributed by atoms with E-state index in [1.165, 1.54) is 0 Å². The zero-order valence-electron chi connectivity index (χ0n) is 11.6. The van der Waals surface area contributed by atoms with Crippen LogP contribution in [0.1, 0.15) is 15.9 Å². The second-order valence-corrected chi connectivity index (χ2v) is 5.87. The molecule has 110 valence electrons. The fourth-order valence-electron chi connectivity index (χ4n) is 2.16. The molecule has 22 heavy (non-hydrogen) atoms. The number of benzene rings is 1. The highest BCUT2D eigenvalue weighted by Gasteiger charge is 2.11. The number of carbonyl (C=O) groups excluding carboxylic acids is 1. The molecule has 2 aromatic heterocycles. The van der Waals surface area contributed by atoms with Crippen LogP contribution >= 0.6 is 22.9 Å². The van der Waals surface area contributed by atoms with Crippen molar-refractivity contribution in [1.29, 1.82) is 0 Å². The van der Waals surface area contributed by atoms with E-state index in [1.54, 1.807) is 41.8 Å². The van der Waals surface area contributed by atoms with E-state index in [2.05, 4.69) is 10.3 Å². The second kappa shape index (κ2) is 6.73. The van der Waals surface area contributed by atoms with Crippen LogP contribution in [-0.4, -0.2) is 10.9 Å². The van der Waals surface area contributed by atoms with E-state index in [9.17, 15) is 4.79 Å². The average molecular weight is 329 g/mol. The first-order valence-corrected chi connectivity index (χ1v) is 8.07. The van der Waals surface area contributed by atoms with E-state index in [0.717, 1.165) is 16.8 Å². The molecule has 2 heterocycles. The van der Waals surface area contributed by atoms with E-state index in [0.29, 0.717) is 17.1 Å². The van der Waals surface area contributed by atoms with Crippen LogP contribution in [0.15, 0.2) is 59.4 Å². The topological polar surface area (TPSA) is 42.0 Å². The Hall–Kier alpha value is -2.17. The number of carbonyl (C=O) groups is 1. The lowest BCUT2D eigenvalue weighted by molar-refractivity contribution is 0.0951. The second-order valence-electron chi connectivity index (χ2n) is 4.69. The summed E-state index contributed by atoms with van der Waals surface area (Å²) in [6.45, 7) is 0.406. The van der Waals surface area contributed by atoms with Crippen molar-refractivity contribution in [3.05, 3.63) is 75.6 Å². The van der Waals surface area contributed by atoms with Crippen LogP contribution in [0.3, 0.4) is 0 Å².